The normalized spacial score (nSPS) is 15.5. The SMILES string of the molecule is C=CC(=O)O.Cc1cccc2c1CC(C)(C)CO2. The molecule has 18 heavy (non-hydrogen) atoms. The van der Waals surface area contributed by atoms with Gasteiger partial charge in [-0.1, -0.05) is 32.6 Å². The molecule has 0 saturated carbocycles. The number of carbonyl (C=O) groups is 1. The molecule has 0 bridgehead atoms. The summed E-state index contributed by atoms with van der Waals surface area (Å²) in [4.78, 5) is 9.25. The molecule has 2 rings (SSSR count). The Morgan fingerprint density at radius 2 is 2.11 bits per heavy atom. The molecule has 0 saturated heterocycles. The Kier molecular flexibility index (Phi) is 4.54. The van der Waals surface area contributed by atoms with Crippen LogP contribution in [-0.4, -0.2) is 17.7 Å². The van der Waals surface area contributed by atoms with Gasteiger partial charge in [0.05, 0.1) is 6.61 Å². The number of ether oxygens (including phenoxy) is 1. The number of carboxylic acid groups (broad SMARTS) is 1. The first kappa shape index (κ1) is 14.3. The minimum absolute atomic E-state index is 0.291. The van der Waals surface area contributed by atoms with Crippen molar-refractivity contribution in [2.45, 2.75) is 27.2 Å². The predicted molar refractivity (Wildman–Crippen MR) is 72.0 cm³/mol. The highest BCUT2D eigenvalue weighted by Crippen LogP contribution is 2.35. The van der Waals surface area contributed by atoms with Gasteiger partial charge in [0.1, 0.15) is 5.75 Å². The van der Waals surface area contributed by atoms with Crippen LogP contribution in [0.4, 0.5) is 0 Å². The first-order valence-corrected chi connectivity index (χ1v) is 5.92. The van der Waals surface area contributed by atoms with Crippen LogP contribution in [0.1, 0.15) is 25.0 Å². The molecule has 1 aliphatic heterocycles. The van der Waals surface area contributed by atoms with Crippen LogP contribution in [0.3, 0.4) is 0 Å². The predicted octanol–water partition coefficient (Wildman–Crippen LogP) is 3.21. The highest BCUT2D eigenvalue weighted by Gasteiger charge is 2.27. The van der Waals surface area contributed by atoms with Crippen molar-refractivity contribution in [1.82, 2.24) is 0 Å². The molecule has 98 valence electrons. The molecule has 1 heterocycles. The Bertz CT molecular complexity index is 447. The summed E-state index contributed by atoms with van der Waals surface area (Å²) >= 11 is 0. The van der Waals surface area contributed by atoms with Crippen molar-refractivity contribution in [2.24, 2.45) is 5.41 Å². The molecule has 0 amide bonds. The van der Waals surface area contributed by atoms with Crippen molar-refractivity contribution >= 4 is 5.97 Å². The van der Waals surface area contributed by atoms with Crippen LogP contribution in [0.2, 0.25) is 0 Å². The number of aliphatic carboxylic acids is 1. The Labute approximate surface area is 108 Å². The summed E-state index contributed by atoms with van der Waals surface area (Å²) < 4.78 is 5.72. The molecule has 1 N–H and O–H groups in total. The number of hydrogen-bond donors (Lipinski definition) is 1. The van der Waals surface area contributed by atoms with Gasteiger partial charge < -0.3 is 9.84 Å². The van der Waals surface area contributed by atoms with E-state index in [0.717, 1.165) is 24.9 Å². The second kappa shape index (κ2) is 5.71. The number of hydrogen-bond acceptors (Lipinski definition) is 2. The van der Waals surface area contributed by atoms with Crippen molar-refractivity contribution < 1.29 is 14.6 Å². The van der Waals surface area contributed by atoms with Gasteiger partial charge in [0, 0.05) is 11.5 Å². The van der Waals surface area contributed by atoms with Gasteiger partial charge in [-0.25, -0.2) is 4.79 Å². The minimum atomic E-state index is -0.981. The molecule has 3 heteroatoms. The van der Waals surface area contributed by atoms with Crippen LogP contribution in [0.15, 0.2) is 30.9 Å². The molecule has 0 radical (unpaired) electrons. The molecular formula is C15H20O3. The van der Waals surface area contributed by atoms with E-state index in [9.17, 15) is 4.79 Å². The quantitative estimate of drug-likeness (QED) is 0.776. The van der Waals surface area contributed by atoms with E-state index in [1.165, 1.54) is 11.1 Å². The monoisotopic (exact) mass is 248 g/mol. The third kappa shape index (κ3) is 3.91. The average Bonchev–Trinajstić information content (AvgIpc) is 2.30. The van der Waals surface area contributed by atoms with Gasteiger partial charge in [-0.3, -0.25) is 0 Å². The second-order valence-electron chi connectivity index (χ2n) is 5.22. The molecule has 0 aliphatic carbocycles. The fourth-order valence-corrected chi connectivity index (χ4v) is 1.84. The van der Waals surface area contributed by atoms with Gasteiger partial charge in [0.15, 0.2) is 0 Å². The molecule has 0 aromatic heterocycles. The van der Waals surface area contributed by atoms with Crippen LogP contribution in [0.5, 0.6) is 5.75 Å². The van der Waals surface area contributed by atoms with E-state index < -0.39 is 5.97 Å². The van der Waals surface area contributed by atoms with E-state index in [1.54, 1.807) is 0 Å². The Morgan fingerprint density at radius 3 is 2.67 bits per heavy atom. The Hall–Kier alpha value is -1.77. The summed E-state index contributed by atoms with van der Waals surface area (Å²) in [6, 6.07) is 6.29. The van der Waals surface area contributed by atoms with E-state index >= 15 is 0 Å². The number of rotatable bonds is 1. The lowest BCUT2D eigenvalue weighted by Crippen LogP contribution is -2.29. The summed E-state index contributed by atoms with van der Waals surface area (Å²) in [5.41, 5.74) is 3.03. The maximum absolute atomic E-state index is 9.25. The van der Waals surface area contributed by atoms with Crippen molar-refractivity contribution in [3.63, 3.8) is 0 Å². The number of aryl methyl sites for hydroxylation is 1. The maximum atomic E-state index is 9.25. The Morgan fingerprint density at radius 1 is 1.50 bits per heavy atom. The van der Waals surface area contributed by atoms with Crippen LogP contribution in [0, 0.1) is 12.3 Å². The second-order valence-corrected chi connectivity index (χ2v) is 5.22. The van der Waals surface area contributed by atoms with Crippen LogP contribution in [-0.2, 0) is 11.2 Å². The fourth-order valence-electron chi connectivity index (χ4n) is 1.84. The topological polar surface area (TPSA) is 46.5 Å². The molecule has 0 unspecified atom stereocenters. The first-order chi connectivity index (χ1) is 8.35. The minimum Gasteiger partial charge on any atom is -0.493 e. The highest BCUT2D eigenvalue weighted by molar-refractivity contribution is 5.78. The maximum Gasteiger partial charge on any atom is 0.327 e. The zero-order valence-corrected chi connectivity index (χ0v) is 11.2. The van der Waals surface area contributed by atoms with Gasteiger partial charge in [0.2, 0.25) is 0 Å². The highest BCUT2D eigenvalue weighted by atomic mass is 16.5. The molecular weight excluding hydrogens is 228 g/mol. The lowest BCUT2D eigenvalue weighted by atomic mass is 9.83. The van der Waals surface area contributed by atoms with Crippen molar-refractivity contribution in [2.75, 3.05) is 6.61 Å². The molecule has 0 spiro atoms. The molecule has 1 aliphatic rings. The zero-order chi connectivity index (χ0) is 13.8. The lowest BCUT2D eigenvalue weighted by Gasteiger charge is -2.32. The Balaban J connectivity index is 0.000000280. The van der Waals surface area contributed by atoms with Crippen molar-refractivity contribution in [3.8, 4) is 5.75 Å². The van der Waals surface area contributed by atoms with E-state index in [-0.39, 0.29) is 0 Å². The van der Waals surface area contributed by atoms with Gasteiger partial charge >= 0.3 is 5.97 Å². The first-order valence-electron chi connectivity index (χ1n) is 5.92. The van der Waals surface area contributed by atoms with Crippen LogP contribution in [0.25, 0.3) is 0 Å². The van der Waals surface area contributed by atoms with Crippen LogP contribution >= 0.6 is 0 Å². The number of carboxylic acids is 1. The largest absolute Gasteiger partial charge is 0.493 e. The van der Waals surface area contributed by atoms with Crippen molar-refractivity contribution in [1.29, 1.82) is 0 Å². The fraction of sp³-hybridized carbons (Fsp3) is 0.400. The third-order valence-electron chi connectivity index (χ3n) is 2.82. The third-order valence-corrected chi connectivity index (χ3v) is 2.82. The molecule has 1 aromatic carbocycles. The average molecular weight is 248 g/mol. The molecule has 1 aromatic rings. The van der Waals surface area contributed by atoms with E-state index in [0.29, 0.717) is 5.41 Å². The van der Waals surface area contributed by atoms with Gasteiger partial charge in [-0.05, 0) is 30.5 Å². The molecule has 3 nitrogen and oxygen atoms in total. The summed E-state index contributed by atoms with van der Waals surface area (Å²) in [5, 5.41) is 7.60. The smallest absolute Gasteiger partial charge is 0.327 e. The van der Waals surface area contributed by atoms with Gasteiger partial charge in [-0.15, -0.1) is 0 Å². The van der Waals surface area contributed by atoms with E-state index in [1.807, 2.05) is 0 Å². The summed E-state index contributed by atoms with van der Waals surface area (Å²) in [7, 11) is 0. The van der Waals surface area contributed by atoms with E-state index in [2.05, 4.69) is 45.5 Å². The van der Waals surface area contributed by atoms with E-state index in [4.69, 9.17) is 9.84 Å². The molecule has 0 fully saturated rings. The lowest BCUT2D eigenvalue weighted by molar-refractivity contribution is -0.131. The van der Waals surface area contributed by atoms with Crippen LogP contribution < -0.4 is 4.74 Å². The summed E-state index contributed by atoms with van der Waals surface area (Å²) in [5.74, 6) is 0.101. The molecule has 0 atom stereocenters. The standard InChI is InChI=1S/C12H16O.C3H4O2/c1-9-5-4-6-11-10(9)7-12(2,3)8-13-11;1-2-3(4)5/h4-6H,7-8H2,1-3H3;2H,1H2,(H,4,5). The summed E-state index contributed by atoms with van der Waals surface area (Å²) in [6.07, 6.45) is 1.97. The number of benzene rings is 1. The van der Waals surface area contributed by atoms with Gasteiger partial charge in [0.25, 0.3) is 0 Å². The number of fused-ring (bicyclic) bond motifs is 1. The van der Waals surface area contributed by atoms with Crippen molar-refractivity contribution in [3.05, 3.63) is 42.0 Å². The van der Waals surface area contributed by atoms with Gasteiger partial charge in [-0.2, -0.15) is 0 Å². The summed E-state index contributed by atoms with van der Waals surface area (Å²) in [6.45, 7) is 10.5. The zero-order valence-electron chi connectivity index (χ0n) is 11.2.